The number of fused-ring (bicyclic) bond motifs is 1. The monoisotopic (exact) mass is 356 g/mol. The lowest BCUT2D eigenvalue weighted by atomic mass is 10.3. The van der Waals surface area contributed by atoms with Crippen LogP contribution in [0, 0.1) is 0 Å². The Labute approximate surface area is 129 Å². The molecule has 0 bridgehead atoms. The molecule has 2 aromatic rings. The molecule has 0 amide bonds. The maximum Gasteiger partial charge on any atom is 0.222 e. The molecule has 4 nitrogen and oxygen atoms in total. The predicted molar refractivity (Wildman–Crippen MR) is 88.1 cm³/mol. The van der Waals surface area contributed by atoms with Gasteiger partial charge in [0.2, 0.25) is 5.88 Å². The standard InChI is InChI=1S/C14H21BrN2O2Si/c1-18-14-11-5-6-17(13(11)12(15)9-16-14)10-19-7-8-20(2,3)4/h5-6,9H,7-8,10H2,1-4H3. The molecule has 0 radical (unpaired) electrons. The van der Waals surface area contributed by atoms with Crippen LogP contribution in [0.5, 0.6) is 5.88 Å². The molecule has 0 atom stereocenters. The van der Waals surface area contributed by atoms with E-state index in [1.165, 1.54) is 6.04 Å². The fraction of sp³-hybridized carbons (Fsp3) is 0.500. The number of hydrogen-bond donors (Lipinski definition) is 0. The molecule has 2 heterocycles. The fourth-order valence-electron chi connectivity index (χ4n) is 1.97. The smallest absolute Gasteiger partial charge is 0.222 e. The topological polar surface area (TPSA) is 36.3 Å². The van der Waals surface area contributed by atoms with Gasteiger partial charge in [-0.15, -0.1) is 0 Å². The molecule has 0 unspecified atom stereocenters. The average molecular weight is 357 g/mol. The van der Waals surface area contributed by atoms with Crippen LogP contribution in [0.1, 0.15) is 0 Å². The van der Waals surface area contributed by atoms with E-state index in [0.717, 1.165) is 22.0 Å². The summed E-state index contributed by atoms with van der Waals surface area (Å²) < 4.78 is 14.1. The number of aromatic nitrogens is 2. The average Bonchev–Trinajstić information content (AvgIpc) is 2.79. The van der Waals surface area contributed by atoms with Crippen molar-refractivity contribution in [2.75, 3.05) is 13.7 Å². The summed E-state index contributed by atoms with van der Waals surface area (Å²) in [5.74, 6) is 0.643. The summed E-state index contributed by atoms with van der Waals surface area (Å²) in [5.41, 5.74) is 1.06. The summed E-state index contributed by atoms with van der Waals surface area (Å²) in [5, 5.41) is 0.996. The number of pyridine rings is 1. The van der Waals surface area contributed by atoms with Crippen molar-refractivity contribution in [1.29, 1.82) is 0 Å². The molecule has 0 aliphatic heterocycles. The van der Waals surface area contributed by atoms with Gasteiger partial charge in [-0.05, 0) is 28.0 Å². The first-order chi connectivity index (χ1) is 9.42. The molecule has 0 spiro atoms. The van der Waals surface area contributed by atoms with Crippen molar-refractivity contribution < 1.29 is 9.47 Å². The third-order valence-corrected chi connectivity index (χ3v) is 5.42. The van der Waals surface area contributed by atoms with E-state index in [-0.39, 0.29) is 0 Å². The van der Waals surface area contributed by atoms with E-state index in [1.54, 1.807) is 13.3 Å². The van der Waals surface area contributed by atoms with Crippen LogP contribution < -0.4 is 4.74 Å². The summed E-state index contributed by atoms with van der Waals surface area (Å²) >= 11 is 3.54. The lowest BCUT2D eigenvalue weighted by molar-refractivity contribution is 0.0902. The highest BCUT2D eigenvalue weighted by molar-refractivity contribution is 9.10. The van der Waals surface area contributed by atoms with Gasteiger partial charge in [-0.25, -0.2) is 4.98 Å². The van der Waals surface area contributed by atoms with Crippen LogP contribution in [0.15, 0.2) is 22.9 Å². The van der Waals surface area contributed by atoms with E-state index in [0.29, 0.717) is 12.6 Å². The zero-order valence-electron chi connectivity index (χ0n) is 12.4. The first kappa shape index (κ1) is 15.5. The van der Waals surface area contributed by atoms with Crippen molar-refractivity contribution in [3.05, 3.63) is 22.9 Å². The van der Waals surface area contributed by atoms with Crippen molar-refractivity contribution in [2.45, 2.75) is 32.4 Å². The highest BCUT2D eigenvalue weighted by atomic mass is 79.9. The maximum absolute atomic E-state index is 5.81. The van der Waals surface area contributed by atoms with Gasteiger partial charge in [-0.2, -0.15) is 0 Å². The van der Waals surface area contributed by atoms with Crippen LogP contribution in [0.4, 0.5) is 0 Å². The van der Waals surface area contributed by atoms with Crippen LogP contribution in [0.3, 0.4) is 0 Å². The third-order valence-electron chi connectivity index (χ3n) is 3.14. The van der Waals surface area contributed by atoms with E-state index in [9.17, 15) is 0 Å². The third kappa shape index (κ3) is 3.62. The second kappa shape index (κ2) is 6.28. The highest BCUT2D eigenvalue weighted by Crippen LogP contribution is 2.30. The molecule has 110 valence electrons. The van der Waals surface area contributed by atoms with Crippen LogP contribution in [-0.2, 0) is 11.5 Å². The fourth-order valence-corrected chi connectivity index (χ4v) is 3.27. The van der Waals surface area contributed by atoms with Gasteiger partial charge in [0.25, 0.3) is 0 Å². The van der Waals surface area contributed by atoms with Gasteiger partial charge in [0, 0.05) is 27.1 Å². The molecule has 0 fully saturated rings. The van der Waals surface area contributed by atoms with E-state index >= 15 is 0 Å². The van der Waals surface area contributed by atoms with Gasteiger partial charge in [0.05, 0.1) is 22.5 Å². The zero-order chi connectivity index (χ0) is 14.8. The minimum absolute atomic E-state index is 0.555. The van der Waals surface area contributed by atoms with E-state index in [4.69, 9.17) is 9.47 Å². The molecule has 2 rings (SSSR count). The van der Waals surface area contributed by atoms with Gasteiger partial charge in [0.15, 0.2) is 0 Å². The number of ether oxygens (including phenoxy) is 2. The molecule has 0 saturated carbocycles. The van der Waals surface area contributed by atoms with Crippen LogP contribution in [-0.4, -0.2) is 31.3 Å². The Morgan fingerprint density at radius 2 is 2.10 bits per heavy atom. The number of hydrogen-bond acceptors (Lipinski definition) is 3. The molecule has 0 aromatic carbocycles. The van der Waals surface area contributed by atoms with Gasteiger partial charge in [0.1, 0.15) is 6.73 Å². The molecule has 20 heavy (non-hydrogen) atoms. The molecule has 0 aliphatic carbocycles. The Morgan fingerprint density at radius 1 is 1.35 bits per heavy atom. The quantitative estimate of drug-likeness (QED) is 0.576. The Hall–Kier alpha value is -0.853. The molecule has 2 aromatic heterocycles. The Bertz CT molecular complexity index is 593. The second-order valence-electron chi connectivity index (χ2n) is 6.01. The SMILES string of the molecule is COc1ncc(Br)c2c1ccn2COCC[Si](C)(C)C. The molecule has 0 saturated heterocycles. The Morgan fingerprint density at radius 3 is 2.75 bits per heavy atom. The van der Waals surface area contributed by atoms with Crippen molar-refractivity contribution in [3.63, 3.8) is 0 Å². The van der Waals surface area contributed by atoms with Crippen molar-refractivity contribution >= 4 is 34.9 Å². The van der Waals surface area contributed by atoms with Gasteiger partial charge in [-0.1, -0.05) is 19.6 Å². The summed E-state index contributed by atoms with van der Waals surface area (Å²) in [4.78, 5) is 4.25. The van der Waals surface area contributed by atoms with Gasteiger partial charge < -0.3 is 14.0 Å². The summed E-state index contributed by atoms with van der Waals surface area (Å²) in [7, 11) is 0.604. The van der Waals surface area contributed by atoms with E-state index in [2.05, 4.69) is 45.1 Å². The highest BCUT2D eigenvalue weighted by Gasteiger charge is 2.13. The lowest BCUT2D eigenvalue weighted by Crippen LogP contribution is -2.21. The zero-order valence-corrected chi connectivity index (χ0v) is 15.0. The van der Waals surface area contributed by atoms with Crippen molar-refractivity contribution in [1.82, 2.24) is 9.55 Å². The van der Waals surface area contributed by atoms with Gasteiger partial charge >= 0.3 is 0 Å². The predicted octanol–water partition coefficient (Wildman–Crippen LogP) is 4.12. The summed E-state index contributed by atoms with van der Waals surface area (Å²) in [6, 6.07) is 3.19. The number of halogens is 1. The Balaban J connectivity index is 2.11. The van der Waals surface area contributed by atoms with Crippen LogP contribution >= 0.6 is 15.9 Å². The molecule has 0 aliphatic rings. The largest absolute Gasteiger partial charge is 0.481 e. The van der Waals surface area contributed by atoms with Gasteiger partial charge in [-0.3, -0.25) is 0 Å². The number of nitrogens with zero attached hydrogens (tertiary/aromatic N) is 2. The van der Waals surface area contributed by atoms with Crippen LogP contribution in [0.2, 0.25) is 25.7 Å². The minimum atomic E-state index is -1.03. The van der Waals surface area contributed by atoms with Crippen molar-refractivity contribution in [2.24, 2.45) is 0 Å². The normalized spacial score (nSPS) is 12.1. The first-order valence-electron chi connectivity index (χ1n) is 6.67. The molecule has 6 heteroatoms. The lowest BCUT2D eigenvalue weighted by Gasteiger charge is -2.16. The summed E-state index contributed by atoms with van der Waals surface area (Å²) in [6.45, 7) is 8.44. The number of rotatable bonds is 6. The van der Waals surface area contributed by atoms with Crippen LogP contribution in [0.25, 0.3) is 10.9 Å². The molecule has 0 N–H and O–H groups in total. The Kier molecular flexibility index (Phi) is 4.88. The van der Waals surface area contributed by atoms with E-state index in [1.807, 2.05) is 12.3 Å². The molecular weight excluding hydrogens is 336 g/mol. The minimum Gasteiger partial charge on any atom is -0.481 e. The van der Waals surface area contributed by atoms with Crippen molar-refractivity contribution in [3.8, 4) is 5.88 Å². The number of methoxy groups -OCH3 is 1. The van der Waals surface area contributed by atoms with E-state index < -0.39 is 8.07 Å². The maximum atomic E-state index is 5.81. The molecular formula is C14H21BrN2O2Si. The summed E-state index contributed by atoms with van der Waals surface area (Å²) in [6.07, 6.45) is 3.77. The second-order valence-corrected chi connectivity index (χ2v) is 12.5. The first-order valence-corrected chi connectivity index (χ1v) is 11.2.